The number of ketones is 1. The van der Waals surface area contributed by atoms with Crippen LogP contribution in [0.2, 0.25) is 0 Å². The van der Waals surface area contributed by atoms with E-state index in [9.17, 15) is 13.2 Å². The highest BCUT2D eigenvalue weighted by Crippen LogP contribution is 2.34. The second-order valence-electron chi connectivity index (χ2n) is 5.45. The Labute approximate surface area is 134 Å². The number of carbonyl (C=O) groups excluding carboxylic acids is 1. The summed E-state index contributed by atoms with van der Waals surface area (Å²) in [6.45, 7) is 3.90. The standard InChI is InChI=1S/C16H17NO3S2/c1-11-5-8-16(21-11)22(19,20)17-9-3-4-14-10-13(12(2)18)6-7-15(14)17/h5-8,10H,3-4,9H2,1-2H3. The van der Waals surface area contributed by atoms with Crippen molar-refractivity contribution >= 4 is 32.8 Å². The fourth-order valence-corrected chi connectivity index (χ4v) is 5.63. The molecule has 0 unspecified atom stereocenters. The number of anilines is 1. The average molecular weight is 335 g/mol. The number of carbonyl (C=O) groups is 1. The minimum atomic E-state index is -3.52. The number of benzene rings is 1. The van der Waals surface area contributed by atoms with Gasteiger partial charge in [-0.1, -0.05) is 0 Å². The first kappa shape index (κ1) is 15.2. The Kier molecular flexibility index (Phi) is 3.82. The number of fused-ring (bicyclic) bond motifs is 1. The Bertz CT molecular complexity index is 837. The Hall–Kier alpha value is -1.66. The molecule has 1 aliphatic heterocycles. The van der Waals surface area contributed by atoms with Crippen LogP contribution in [0.3, 0.4) is 0 Å². The normalized spacial score (nSPS) is 14.7. The molecule has 0 saturated heterocycles. The molecule has 0 N–H and O–H groups in total. The smallest absolute Gasteiger partial charge is 0.273 e. The molecule has 0 fully saturated rings. The summed E-state index contributed by atoms with van der Waals surface area (Å²) >= 11 is 1.29. The van der Waals surface area contributed by atoms with Gasteiger partial charge in [0, 0.05) is 17.0 Å². The van der Waals surface area contributed by atoms with E-state index < -0.39 is 10.0 Å². The summed E-state index contributed by atoms with van der Waals surface area (Å²) in [5, 5.41) is 0. The van der Waals surface area contributed by atoms with E-state index in [2.05, 4.69) is 0 Å². The van der Waals surface area contributed by atoms with Crippen molar-refractivity contribution in [1.82, 2.24) is 0 Å². The van der Waals surface area contributed by atoms with Gasteiger partial charge in [0.2, 0.25) is 0 Å². The largest absolute Gasteiger partial charge is 0.295 e. The molecule has 22 heavy (non-hydrogen) atoms. The van der Waals surface area contributed by atoms with Crippen molar-refractivity contribution in [2.75, 3.05) is 10.8 Å². The van der Waals surface area contributed by atoms with E-state index >= 15 is 0 Å². The molecule has 2 heterocycles. The fourth-order valence-electron chi connectivity index (χ4n) is 2.69. The Morgan fingerprint density at radius 1 is 1.23 bits per heavy atom. The first-order chi connectivity index (χ1) is 10.4. The maximum Gasteiger partial charge on any atom is 0.273 e. The topological polar surface area (TPSA) is 54.5 Å². The zero-order valence-corrected chi connectivity index (χ0v) is 14.1. The van der Waals surface area contributed by atoms with Crippen LogP contribution in [0.4, 0.5) is 5.69 Å². The van der Waals surface area contributed by atoms with Crippen LogP contribution in [0, 0.1) is 6.92 Å². The van der Waals surface area contributed by atoms with E-state index in [4.69, 9.17) is 0 Å². The summed E-state index contributed by atoms with van der Waals surface area (Å²) in [7, 11) is -3.52. The molecule has 6 heteroatoms. The van der Waals surface area contributed by atoms with Gasteiger partial charge in [-0.15, -0.1) is 11.3 Å². The molecule has 0 aliphatic carbocycles. The van der Waals surface area contributed by atoms with E-state index in [1.165, 1.54) is 22.6 Å². The van der Waals surface area contributed by atoms with E-state index in [1.54, 1.807) is 18.2 Å². The molecular weight excluding hydrogens is 318 g/mol. The third-order valence-electron chi connectivity index (χ3n) is 3.82. The van der Waals surface area contributed by atoms with Gasteiger partial charge in [0.15, 0.2) is 5.78 Å². The van der Waals surface area contributed by atoms with Crippen molar-refractivity contribution in [3.63, 3.8) is 0 Å². The molecule has 0 radical (unpaired) electrons. The van der Waals surface area contributed by atoms with Gasteiger partial charge in [0.05, 0.1) is 5.69 Å². The molecule has 1 aromatic carbocycles. The van der Waals surface area contributed by atoms with E-state index in [1.807, 2.05) is 19.1 Å². The van der Waals surface area contributed by atoms with Gasteiger partial charge in [-0.3, -0.25) is 9.10 Å². The summed E-state index contributed by atoms with van der Waals surface area (Å²) in [5.41, 5.74) is 2.25. The van der Waals surface area contributed by atoms with Crippen LogP contribution in [0.15, 0.2) is 34.5 Å². The summed E-state index contributed by atoms with van der Waals surface area (Å²) < 4.78 is 27.5. The van der Waals surface area contributed by atoms with Gasteiger partial charge in [-0.05, 0) is 62.6 Å². The number of nitrogens with zero attached hydrogens (tertiary/aromatic N) is 1. The van der Waals surface area contributed by atoms with Crippen LogP contribution in [0.1, 0.15) is 34.1 Å². The minimum Gasteiger partial charge on any atom is -0.295 e. The second-order valence-corrected chi connectivity index (χ2v) is 8.82. The number of hydrogen-bond donors (Lipinski definition) is 0. The van der Waals surface area contributed by atoms with Crippen molar-refractivity contribution in [2.24, 2.45) is 0 Å². The molecule has 0 saturated carbocycles. The zero-order valence-electron chi connectivity index (χ0n) is 12.5. The monoisotopic (exact) mass is 335 g/mol. The summed E-state index contributed by atoms with van der Waals surface area (Å²) in [5.74, 6) is -0.00309. The Balaban J connectivity index is 2.07. The second kappa shape index (κ2) is 5.52. The highest BCUT2D eigenvalue weighted by atomic mass is 32.2. The zero-order chi connectivity index (χ0) is 15.9. The van der Waals surface area contributed by atoms with Crippen LogP contribution in [-0.4, -0.2) is 20.7 Å². The molecule has 0 atom stereocenters. The third kappa shape index (κ3) is 2.57. The minimum absolute atomic E-state index is 0.00309. The highest BCUT2D eigenvalue weighted by molar-refractivity contribution is 7.94. The van der Waals surface area contributed by atoms with Crippen molar-refractivity contribution in [2.45, 2.75) is 30.9 Å². The van der Waals surface area contributed by atoms with Gasteiger partial charge < -0.3 is 0 Å². The number of thiophene rings is 1. The van der Waals surface area contributed by atoms with Crippen LogP contribution in [-0.2, 0) is 16.4 Å². The Morgan fingerprint density at radius 2 is 2.00 bits per heavy atom. The van der Waals surface area contributed by atoms with Crippen LogP contribution in [0.25, 0.3) is 0 Å². The lowest BCUT2D eigenvalue weighted by atomic mass is 9.99. The van der Waals surface area contributed by atoms with Gasteiger partial charge >= 0.3 is 0 Å². The number of sulfonamides is 1. The van der Waals surface area contributed by atoms with Gasteiger partial charge in [0.25, 0.3) is 10.0 Å². The number of aryl methyl sites for hydroxylation is 2. The molecule has 0 spiro atoms. The molecule has 4 nitrogen and oxygen atoms in total. The van der Waals surface area contributed by atoms with Crippen molar-refractivity contribution in [1.29, 1.82) is 0 Å². The predicted octanol–water partition coefficient (Wildman–Crippen LogP) is 3.40. The van der Waals surface area contributed by atoms with Crippen molar-refractivity contribution in [3.8, 4) is 0 Å². The molecule has 2 aromatic rings. The molecule has 1 aliphatic rings. The summed E-state index contributed by atoms with van der Waals surface area (Å²) in [6, 6.07) is 8.76. The van der Waals surface area contributed by atoms with Crippen LogP contribution in [0.5, 0.6) is 0 Å². The maximum atomic E-state index is 12.9. The molecule has 1 aromatic heterocycles. The fraction of sp³-hybridized carbons (Fsp3) is 0.312. The average Bonchev–Trinajstić information content (AvgIpc) is 2.93. The van der Waals surface area contributed by atoms with Gasteiger partial charge in [0.1, 0.15) is 4.21 Å². The van der Waals surface area contributed by atoms with Crippen LogP contribution >= 0.6 is 11.3 Å². The van der Waals surface area contributed by atoms with Crippen molar-refractivity contribution in [3.05, 3.63) is 46.3 Å². The van der Waals surface area contributed by atoms with Crippen LogP contribution < -0.4 is 4.31 Å². The maximum absolute atomic E-state index is 12.9. The van der Waals surface area contributed by atoms with E-state index in [0.717, 1.165) is 23.3 Å². The summed E-state index contributed by atoms with van der Waals surface area (Å²) in [6.07, 6.45) is 1.56. The molecule has 116 valence electrons. The van der Waals surface area contributed by atoms with Crippen molar-refractivity contribution < 1.29 is 13.2 Å². The summed E-state index contributed by atoms with van der Waals surface area (Å²) in [4.78, 5) is 12.5. The number of rotatable bonds is 3. The third-order valence-corrected chi connectivity index (χ3v) is 7.10. The van der Waals surface area contributed by atoms with E-state index in [0.29, 0.717) is 22.0 Å². The number of Topliss-reactive ketones (excluding diaryl/α,β-unsaturated/α-hetero) is 1. The molecule has 0 amide bonds. The molecule has 3 rings (SSSR count). The lowest BCUT2D eigenvalue weighted by Crippen LogP contribution is -2.35. The molecule has 0 bridgehead atoms. The quantitative estimate of drug-likeness (QED) is 0.808. The lowest BCUT2D eigenvalue weighted by Gasteiger charge is -2.30. The molecular formula is C16H17NO3S2. The first-order valence-electron chi connectivity index (χ1n) is 7.12. The van der Waals surface area contributed by atoms with E-state index in [-0.39, 0.29) is 5.78 Å². The lowest BCUT2D eigenvalue weighted by molar-refractivity contribution is 0.101. The van der Waals surface area contributed by atoms with Gasteiger partial charge in [-0.2, -0.15) is 0 Å². The number of hydrogen-bond acceptors (Lipinski definition) is 4. The SMILES string of the molecule is CC(=O)c1ccc2c(c1)CCCN2S(=O)(=O)c1ccc(C)s1. The predicted molar refractivity (Wildman–Crippen MR) is 88.4 cm³/mol. The first-order valence-corrected chi connectivity index (χ1v) is 9.38. The Morgan fingerprint density at radius 3 is 2.64 bits per heavy atom. The highest BCUT2D eigenvalue weighted by Gasteiger charge is 2.30. The van der Waals surface area contributed by atoms with Gasteiger partial charge in [-0.25, -0.2) is 8.42 Å².